The quantitative estimate of drug-likeness (QED) is 0.487. The van der Waals surface area contributed by atoms with Gasteiger partial charge in [-0.25, -0.2) is 0 Å². The summed E-state index contributed by atoms with van der Waals surface area (Å²) in [6, 6.07) is 16.6. The molecule has 1 atom stereocenters. The molecular weight excluding hydrogens is 358 g/mol. The smallest absolute Gasteiger partial charge is 0.311 e. The summed E-state index contributed by atoms with van der Waals surface area (Å²) >= 11 is 0. The van der Waals surface area contributed by atoms with E-state index in [9.17, 15) is 14.4 Å². The van der Waals surface area contributed by atoms with Crippen molar-refractivity contribution in [1.29, 1.82) is 0 Å². The molecule has 6 nitrogen and oxygen atoms in total. The first-order valence-electron chi connectivity index (χ1n) is 9.09. The Kier molecular flexibility index (Phi) is 4.93. The molecule has 0 bridgehead atoms. The van der Waals surface area contributed by atoms with E-state index in [-0.39, 0.29) is 31.3 Å². The molecule has 1 aromatic heterocycles. The van der Waals surface area contributed by atoms with Gasteiger partial charge in [0.05, 0.1) is 18.7 Å². The summed E-state index contributed by atoms with van der Waals surface area (Å²) in [4.78, 5) is 38.4. The number of ether oxygens (including phenoxy) is 1. The Labute approximate surface area is 161 Å². The Bertz CT molecular complexity index is 1020. The lowest BCUT2D eigenvalue weighted by Crippen LogP contribution is -2.27. The maximum atomic E-state index is 12.4. The van der Waals surface area contributed by atoms with Gasteiger partial charge in [0.25, 0.3) is 0 Å². The molecule has 142 valence electrons. The number of carbonyl (C=O) groups is 3. The van der Waals surface area contributed by atoms with Crippen molar-refractivity contribution in [3.63, 3.8) is 0 Å². The van der Waals surface area contributed by atoms with Crippen LogP contribution in [0.15, 0.2) is 65.3 Å². The summed E-state index contributed by atoms with van der Waals surface area (Å²) in [7, 11) is 0. The summed E-state index contributed by atoms with van der Waals surface area (Å²) in [5.74, 6) is -0.819. The van der Waals surface area contributed by atoms with Crippen LogP contribution in [-0.2, 0) is 20.9 Å². The SMILES string of the molecule is O=C(COC(=O)[C@H]1CC(=O)N(Cc2ccco2)C1)c1ccc2ccccc2c1. The van der Waals surface area contributed by atoms with Crippen molar-refractivity contribution in [2.75, 3.05) is 13.2 Å². The molecule has 1 aliphatic rings. The maximum Gasteiger partial charge on any atom is 0.311 e. The molecule has 0 unspecified atom stereocenters. The predicted molar refractivity (Wildman–Crippen MR) is 101 cm³/mol. The second-order valence-electron chi connectivity index (χ2n) is 6.85. The number of amides is 1. The van der Waals surface area contributed by atoms with Gasteiger partial charge in [0, 0.05) is 18.5 Å². The van der Waals surface area contributed by atoms with Crippen LogP contribution in [0.1, 0.15) is 22.5 Å². The molecule has 4 rings (SSSR count). The Morgan fingerprint density at radius 3 is 2.68 bits per heavy atom. The molecule has 0 spiro atoms. The van der Waals surface area contributed by atoms with E-state index in [1.54, 1.807) is 35.4 Å². The minimum absolute atomic E-state index is 0.0870. The van der Waals surface area contributed by atoms with Gasteiger partial charge in [0.2, 0.25) is 5.91 Å². The number of likely N-dealkylation sites (tertiary alicyclic amines) is 1. The molecule has 0 radical (unpaired) electrons. The summed E-state index contributed by atoms with van der Waals surface area (Å²) in [5.41, 5.74) is 0.494. The van der Waals surface area contributed by atoms with Gasteiger partial charge < -0.3 is 14.1 Å². The van der Waals surface area contributed by atoms with Crippen LogP contribution in [0.2, 0.25) is 0 Å². The van der Waals surface area contributed by atoms with Crippen LogP contribution in [0, 0.1) is 5.92 Å². The third-order valence-corrected chi connectivity index (χ3v) is 4.89. The third kappa shape index (κ3) is 3.81. The largest absolute Gasteiger partial charge is 0.467 e. The number of nitrogens with zero attached hydrogens (tertiary/aromatic N) is 1. The van der Waals surface area contributed by atoms with Gasteiger partial charge in [-0.05, 0) is 29.0 Å². The van der Waals surface area contributed by atoms with Crippen molar-refractivity contribution in [3.8, 4) is 0 Å². The molecule has 3 aromatic rings. The van der Waals surface area contributed by atoms with E-state index in [4.69, 9.17) is 9.15 Å². The molecule has 28 heavy (non-hydrogen) atoms. The molecule has 0 saturated carbocycles. The van der Waals surface area contributed by atoms with Crippen molar-refractivity contribution in [2.24, 2.45) is 5.92 Å². The number of rotatable bonds is 6. The van der Waals surface area contributed by atoms with Crippen molar-refractivity contribution >= 4 is 28.4 Å². The van der Waals surface area contributed by atoms with Crippen molar-refractivity contribution in [3.05, 3.63) is 72.2 Å². The number of carbonyl (C=O) groups excluding carboxylic acids is 3. The van der Waals surface area contributed by atoms with E-state index in [1.165, 1.54) is 0 Å². The normalized spacial score (nSPS) is 16.5. The highest BCUT2D eigenvalue weighted by molar-refractivity contribution is 6.01. The number of benzene rings is 2. The standard InChI is InChI=1S/C22H19NO5/c24-20(17-8-7-15-4-1-2-5-16(15)10-17)14-28-22(26)18-11-21(25)23(12-18)13-19-6-3-9-27-19/h1-10,18H,11-14H2/t18-/m0/s1. The molecule has 0 aliphatic carbocycles. The first-order valence-corrected chi connectivity index (χ1v) is 9.09. The number of furan rings is 1. The first kappa shape index (κ1) is 18.0. The van der Waals surface area contributed by atoms with Crippen molar-refractivity contribution in [1.82, 2.24) is 4.90 Å². The zero-order chi connectivity index (χ0) is 19.5. The fraction of sp³-hybridized carbons (Fsp3) is 0.227. The predicted octanol–water partition coefficient (Wildman–Crippen LogP) is 3.21. The van der Waals surface area contributed by atoms with Crippen LogP contribution in [0.4, 0.5) is 0 Å². The number of hydrogen-bond acceptors (Lipinski definition) is 5. The fourth-order valence-corrected chi connectivity index (χ4v) is 3.37. The fourth-order valence-electron chi connectivity index (χ4n) is 3.37. The van der Waals surface area contributed by atoms with Crippen LogP contribution in [0.25, 0.3) is 10.8 Å². The van der Waals surface area contributed by atoms with Gasteiger partial charge in [-0.1, -0.05) is 36.4 Å². The van der Waals surface area contributed by atoms with E-state index >= 15 is 0 Å². The zero-order valence-corrected chi connectivity index (χ0v) is 15.2. The lowest BCUT2D eigenvalue weighted by atomic mass is 10.0. The highest BCUT2D eigenvalue weighted by Crippen LogP contribution is 2.22. The van der Waals surface area contributed by atoms with Gasteiger partial charge in [0.1, 0.15) is 5.76 Å². The van der Waals surface area contributed by atoms with Gasteiger partial charge in [-0.15, -0.1) is 0 Å². The van der Waals surface area contributed by atoms with Crippen LogP contribution >= 0.6 is 0 Å². The molecule has 6 heteroatoms. The van der Waals surface area contributed by atoms with E-state index in [2.05, 4.69) is 0 Å². The van der Waals surface area contributed by atoms with Gasteiger partial charge >= 0.3 is 5.97 Å². The Hall–Kier alpha value is -3.41. The second kappa shape index (κ2) is 7.68. The van der Waals surface area contributed by atoms with E-state index in [0.717, 1.165) is 10.8 Å². The van der Waals surface area contributed by atoms with Crippen LogP contribution in [-0.4, -0.2) is 35.7 Å². The first-order chi connectivity index (χ1) is 13.6. The number of fused-ring (bicyclic) bond motifs is 1. The number of esters is 1. The summed E-state index contributed by atoms with van der Waals surface area (Å²) in [6.07, 6.45) is 1.63. The Morgan fingerprint density at radius 1 is 1.07 bits per heavy atom. The third-order valence-electron chi connectivity index (χ3n) is 4.89. The molecule has 1 saturated heterocycles. The molecule has 2 aromatic carbocycles. The summed E-state index contributed by atoms with van der Waals surface area (Å²) < 4.78 is 10.4. The summed E-state index contributed by atoms with van der Waals surface area (Å²) in [6.45, 7) is 0.258. The molecule has 0 N–H and O–H groups in total. The Morgan fingerprint density at radius 2 is 1.89 bits per heavy atom. The van der Waals surface area contributed by atoms with Crippen LogP contribution in [0.5, 0.6) is 0 Å². The average Bonchev–Trinajstić information content (AvgIpc) is 3.36. The monoisotopic (exact) mass is 377 g/mol. The molecule has 1 fully saturated rings. The highest BCUT2D eigenvalue weighted by Gasteiger charge is 2.35. The van der Waals surface area contributed by atoms with Crippen molar-refractivity contribution < 1.29 is 23.5 Å². The molecule has 2 heterocycles. The number of Topliss-reactive ketones (excluding diaryl/α,β-unsaturated/α-hetero) is 1. The van der Waals surface area contributed by atoms with E-state index in [0.29, 0.717) is 17.9 Å². The van der Waals surface area contributed by atoms with Crippen LogP contribution in [0.3, 0.4) is 0 Å². The maximum absolute atomic E-state index is 12.4. The van der Waals surface area contributed by atoms with Gasteiger partial charge in [0.15, 0.2) is 12.4 Å². The minimum Gasteiger partial charge on any atom is -0.467 e. The second-order valence-corrected chi connectivity index (χ2v) is 6.85. The average molecular weight is 377 g/mol. The van der Waals surface area contributed by atoms with Crippen LogP contribution < -0.4 is 0 Å². The lowest BCUT2D eigenvalue weighted by Gasteiger charge is -2.14. The number of hydrogen-bond donors (Lipinski definition) is 0. The minimum atomic E-state index is -0.563. The van der Waals surface area contributed by atoms with E-state index in [1.807, 2.05) is 30.3 Å². The lowest BCUT2D eigenvalue weighted by molar-refractivity contribution is -0.147. The van der Waals surface area contributed by atoms with Crippen molar-refractivity contribution in [2.45, 2.75) is 13.0 Å². The summed E-state index contributed by atoms with van der Waals surface area (Å²) in [5, 5.41) is 1.99. The topological polar surface area (TPSA) is 76.8 Å². The zero-order valence-electron chi connectivity index (χ0n) is 15.2. The van der Waals surface area contributed by atoms with E-state index < -0.39 is 11.9 Å². The molecular formula is C22H19NO5. The highest BCUT2D eigenvalue weighted by atomic mass is 16.5. The Balaban J connectivity index is 1.33. The molecule has 1 aliphatic heterocycles. The van der Waals surface area contributed by atoms with Gasteiger partial charge in [-0.3, -0.25) is 14.4 Å². The number of ketones is 1. The molecule has 1 amide bonds. The van der Waals surface area contributed by atoms with Gasteiger partial charge in [-0.2, -0.15) is 0 Å².